The van der Waals surface area contributed by atoms with Crippen molar-refractivity contribution in [3.05, 3.63) is 46.4 Å². The normalized spacial score (nSPS) is 20.8. The van der Waals surface area contributed by atoms with E-state index in [2.05, 4.69) is 48.8 Å². The number of aromatic amines is 1. The maximum atomic E-state index is 12.9. The molecule has 1 aromatic carbocycles. The second kappa shape index (κ2) is 8.42. The summed E-state index contributed by atoms with van der Waals surface area (Å²) >= 11 is 0.990. The number of hydrogen-bond acceptors (Lipinski definition) is 7. The number of benzene rings is 1. The predicted octanol–water partition coefficient (Wildman–Crippen LogP) is 4.95. The fourth-order valence-electron chi connectivity index (χ4n) is 5.74. The van der Waals surface area contributed by atoms with Gasteiger partial charge in [-0.3, -0.25) is 4.90 Å². The monoisotopic (exact) mass is 511 g/mol. The van der Waals surface area contributed by atoms with Crippen LogP contribution in [0.1, 0.15) is 34.7 Å². The number of nitriles is 1. The number of H-pyrrole nitrogens is 1. The summed E-state index contributed by atoms with van der Waals surface area (Å²) in [4.78, 5) is 21.2. The zero-order valence-corrected chi connectivity index (χ0v) is 20.5. The molecule has 3 aromatic heterocycles. The van der Waals surface area contributed by atoms with Crippen LogP contribution in [-0.4, -0.2) is 57.2 Å². The molecule has 0 saturated carbocycles. The molecule has 2 aliphatic heterocycles. The Hall–Kier alpha value is -3.23. The van der Waals surface area contributed by atoms with Crippen molar-refractivity contribution in [2.75, 3.05) is 31.1 Å². The number of alkyl halides is 3. The number of hydrogen-bond donors (Lipinski definition) is 1. The van der Waals surface area contributed by atoms with E-state index in [1.807, 2.05) is 12.1 Å². The first-order chi connectivity index (χ1) is 17.2. The van der Waals surface area contributed by atoms with E-state index in [1.165, 1.54) is 17.5 Å². The number of fused-ring (bicyclic) bond motifs is 2. The summed E-state index contributed by atoms with van der Waals surface area (Å²) in [5.41, 5.74) is 4.61. The molecular weight excluding hydrogens is 487 g/mol. The third-order valence-corrected chi connectivity index (χ3v) is 8.49. The van der Waals surface area contributed by atoms with Crippen molar-refractivity contribution in [2.24, 2.45) is 5.41 Å². The first-order valence-electron chi connectivity index (χ1n) is 11.9. The Morgan fingerprint density at radius 2 is 2.03 bits per heavy atom. The highest BCUT2D eigenvalue weighted by Gasteiger charge is 2.44. The number of halogens is 3. The Morgan fingerprint density at radius 1 is 1.19 bits per heavy atom. The second-order valence-electron chi connectivity index (χ2n) is 9.99. The summed E-state index contributed by atoms with van der Waals surface area (Å²) in [6, 6.07) is 8.27. The summed E-state index contributed by atoms with van der Waals surface area (Å²) < 4.78 is 38.7. The highest BCUT2D eigenvalue weighted by Crippen LogP contribution is 2.43. The fourth-order valence-corrected chi connectivity index (χ4v) is 6.67. The molecule has 186 valence electrons. The summed E-state index contributed by atoms with van der Waals surface area (Å²) in [5.74, 6) is 0.641. The summed E-state index contributed by atoms with van der Waals surface area (Å²) in [6.45, 7) is 6.52. The van der Waals surface area contributed by atoms with Gasteiger partial charge < -0.3 is 9.88 Å². The molecule has 2 aliphatic rings. The second-order valence-corrected chi connectivity index (χ2v) is 11.1. The maximum absolute atomic E-state index is 12.9. The Bertz CT molecular complexity index is 1500. The van der Waals surface area contributed by atoms with Gasteiger partial charge in [0.2, 0.25) is 0 Å². The van der Waals surface area contributed by atoms with E-state index in [0.29, 0.717) is 21.9 Å². The molecule has 7 nitrogen and oxygen atoms in total. The van der Waals surface area contributed by atoms with E-state index < -0.39 is 12.6 Å². The number of nitrogens with one attached hydrogen (secondary N) is 1. The molecule has 0 aliphatic carbocycles. The Balaban J connectivity index is 1.18. The molecule has 2 fully saturated rings. The lowest BCUT2D eigenvalue weighted by molar-refractivity contribution is -0.127. The van der Waals surface area contributed by atoms with Crippen LogP contribution >= 0.6 is 11.3 Å². The zero-order chi connectivity index (χ0) is 25.1. The molecule has 11 heteroatoms. The van der Waals surface area contributed by atoms with Gasteiger partial charge in [0.05, 0.1) is 6.42 Å². The molecule has 5 heterocycles. The molecule has 0 amide bonds. The lowest BCUT2D eigenvalue weighted by Gasteiger charge is -2.25. The van der Waals surface area contributed by atoms with Gasteiger partial charge in [0.15, 0.2) is 5.82 Å². The number of anilines is 1. The van der Waals surface area contributed by atoms with Crippen molar-refractivity contribution in [3.63, 3.8) is 0 Å². The van der Waals surface area contributed by atoms with Crippen molar-refractivity contribution < 1.29 is 13.2 Å². The van der Waals surface area contributed by atoms with Gasteiger partial charge in [0.1, 0.15) is 33.4 Å². The van der Waals surface area contributed by atoms with E-state index in [4.69, 9.17) is 0 Å². The molecule has 2 saturated heterocycles. The van der Waals surface area contributed by atoms with Crippen LogP contribution in [0.4, 0.5) is 19.0 Å². The molecule has 6 rings (SSSR count). The zero-order valence-electron chi connectivity index (χ0n) is 19.7. The molecule has 1 atom stereocenters. The standard InChI is InChI=1S/C25H24F3N7S/c1-15-16(2-3-19-18(15)8-17(10-29)32-19)11-34-6-4-24(12-34)5-7-35(13-24)22-21-23(31-14-30-22)36-20(33-21)9-25(26,27)28/h2-3,8,14,32H,4-7,9,11-13H2,1H3/t24-/m1/s1. The van der Waals surface area contributed by atoms with Crippen molar-refractivity contribution in [3.8, 4) is 6.07 Å². The van der Waals surface area contributed by atoms with Crippen LogP contribution in [0.15, 0.2) is 24.5 Å². The maximum Gasteiger partial charge on any atom is 0.395 e. The Labute approximate surface area is 209 Å². The smallest absolute Gasteiger partial charge is 0.354 e. The average Bonchev–Trinajstić information content (AvgIpc) is 3.60. The van der Waals surface area contributed by atoms with Gasteiger partial charge in [-0.15, -0.1) is 0 Å². The van der Waals surface area contributed by atoms with Gasteiger partial charge in [-0.1, -0.05) is 17.4 Å². The summed E-state index contributed by atoms with van der Waals surface area (Å²) in [6.07, 6.45) is -1.84. The van der Waals surface area contributed by atoms with E-state index in [-0.39, 0.29) is 10.4 Å². The highest BCUT2D eigenvalue weighted by atomic mass is 32.1. The average molecular weight is 512 g/mol. The number of aryl methyl sites for hydroxylation is 1. The van der Waals surface area contributed by atoms with E-state index in [9.17, 15) is 18.4 Å². The minimum absolute atomic E-state index is 0.0249. The van der Waals surface area contributed by atoms with Crippen molar-refractivity contribution in [1.82, 2.24) is 24.8 Å². The van der Waals surface area contributed by atoms with Crippen molar-refractivity contribution >= 4 is 38.4 Å². The van der Waals surface area contributed by atoms with Gasteiger partial charge in [-0.25, -0.2) is 15.0 Å². The van der Waals surface area contributed by atoms with Crippen LogP contribution in [-0.2, 0) is 13.0 Å². The largest absolute Gasteiger partial charge is 0.395 e. The van der Waals surface area contributed by atoms with E-state index >= 15 is 0 Å². The lowest BCUT2D eigenvalue weighted by atomic mass is 9.86. The molecule has 0 radical (unpaired) electrons. The molecule has 4 aromatic rings. The van der Waals surface area contributed by atoms with Crippen LogP contribution in [0, 0.1) is 23.7 Å². The first kappa shape index (κ1) is 23.2. The third kappa shape index (κ3) is 4.18. The predicted molar refractivity (Wildman–Crippen MR) is 132 cm³/mol. The highest BCUT2D eigenvalue weighted by molar-refractivity contribution is 7.18. The quantitative estimate of drug-likeness (QED) is 0.417. The minimum Gasteiger partial charge on any atom is -0.354 e. The molecule has 1 spiro atoms. The molecular formula is C25H24F3N7S. The van der Waals surface area contributed by atoms with Crippen LogP contribution in [0.2, 0.25) is 0 Å². The first-order valence-corrected chi connectivity index (χ1v) is 12.7. The molecule has 0 bridgehead atoms. The van der Waals surface area contributed by atoms with Crippen LogP contribution < -0.4 is 4.90 Å². The van der Waals surface area contributed by atoms with E-state index in [1.54, 1.807) is 0 Å². The van der Waals surface area contributed by atoms with Gasteiger partial charge in [-0.2, -0.15) is 18.4 Å². The number of thiazole rings is 1. The van der Waals surface area contributed by atoms with Crippen LogP contribution in [0.25, 0.3) is 21.3 Å². The number of nitrogens with zero attached hydrogens (tertiary/aromatic N) is 6. The van der Waals surface area contributed by atoms with Gasteiger partial charge in [0.25, 0.3) is 0 Å². The Morgan fingerprint density at radius 3 is 2.83 bits per heavy atom. The van der Waals surface area contributed by atoms with Gasteiger partial charge in [0, 0.05) is 42.5 Å². The summed E-state index contributed by atoms with van der Waals surface area (Å²) in [5, 5.41) is 10.3. The molecule has 36 heavy (non-hydrogen) atoms. The molecule has 1 N–H and O–H groups in total. The lowest BCUT2D eigenvalue weighted by Crippen LogP contribution is -2.31. The van der Waals surface area contributed by atoms with Gasteiger partial charge in [-0.05, 0) is 49.6 Å². The van der Waals surface area contributed by atoms with Crippen molar-refractivity contribution in [1.29, 1.82) is 5.26 Å². The SMILES string of the molecule is Cc1c(CN2CC[C@@]3(CCN(c4ncnc5sc(CC(F)(F)F)nc45)C3)C2)ccc2[nH]c(C#N)cc12. The topological polar surface area (TPSA) is 84.7 Å². The van der Waals surface area contributed by atoms with Crippen molar-refractivity contribution in [2.45, 2.75) is 38.9 Å². The Kier molecular flexibility index (Phi) is 5.42. The summed E-state index contributed by atoms with van der Waals surface area (Å²) in [7, 11) is 0. The van der Waals surface area contributed by atoms with Crippen LogP contribution in [0.5, 0.6) is 0 Å². The fraction of sp³-hybridized carbons (Fsp3) is 0.440. The third-order valence-electron chi connectivity index (χ3n) is 7.53. The number of rotatable bonds is 4. The number of aromatic nitrogens is 4. The van der Waals surface area contributed by atoms with Crippen LogP contribution in [0.3, 0.4) is 0 Å². The minimum atomic E-state index is -4.30. The van der Waals surface area contributed by atoms with Gasteiger partial charge >= 0.3 is 6.18 Å². The number of likely N-dealkylation sites (tertiary alicyclic amines) is 1. The molecule has 0 unspecified atom stereocenters. The van der Waals surface area contributed by atoms with E-state index in [0.717, 1.165) is 67.8 Å².